The maximum Gasteiger partial charge on any atom is 0.138 e. The zero-order chi connectivity index (χ0) is 47.5. The number of benzene rings is 10. The predicted octanol–water partition coefficient (Wildman–Crippen LogP) is 18.2. The Labute approximate surface area is 418 Å². The first kappa shape index (κ1) is 41.3. The fraction of sp³-hybridized carbons (Fsp3) is 0. The van der Waals surface area contributed by atoms with Crippen molar-refractivity contribution in [2.45, 2.75) is 0 Å². The molecule has 0 unspecified atom stereocenters. The highest BCUT2D eigenvalue weighted by atomic mass is 15.2. The molecule has 14 rings (SSSR count). The Bertz CT molecular complexity index is 4060. The van der Waals surface area contributed by atoms with Crippen LogP contribution in [0.5, 0.6) is 0 Å². The van der Waals surface area contributed by atoms with Gasteiger partial charge in [-0.15, -0.1) is 0 Å². The quantitative estimate of drug-likeness (QED) is 0.152. The van der Waals surface area contributed by atoms with Crippen LogP contribution in [0.2, 0.25) is 0 Å². The summed E-state index contributed by atoms with van der Waals surface area (Å²) in [4.78, 5) is 13.6. The minimum absolute atomic E-state index is 0.837. The third-order valence-electron chi connectivity index (χ3n) is 14.3. The monoisotopic (exact) mass is 916 g/mol. The van der Waals surface area contributed by atoms with Crippen LogP contribution in [-0.4, -0.2) is 14.5 Å². The van der Waals surface area contributed by atoms with Gasteiger partial charge in [0, 0.05) is 32.8 Å². The van der Waals surface area contributed by atoms with E-state index >= 15 is 0 Å². The summed E-state index contributed by atoms with van der Waals surface area (Å²) in [6.07, 6.45) is 0. The summed E-state index contributed by atoms with van der Waals surface area (Å²) in [5, 5.41) is 4.68. The Kier molecular flexibility index (Phi) is 9.82. The minimum atomic E-state index is 0.837. The van der Waals surface area contributed by atoms with E-state index in [0.717, 1.165) is 101 Å². The summed E-state index contributed by atoms with van der Waals surface area (Å²) in [6.45, 7) is 0. The molecular formula is C68H44N4. The van der Waals surface area contributed by atoms with Gasteiger partial charge in [-0.1, -0.05) is 212 Å². The maximum absolute atomic E-state index is 5.64. The number of nitrogens with zero attached hydrogens (tertiary/aromatic N) is 4. The van der Waals surface area contributed by atoms with Crippen LogP contribution in [0, 0.1) is 0 Å². The third kappa shape index (κ3) is 7.00. The summed E-state index contributed by atoms with van der Waals surface area (Å²) in [5.41, 5.74) is 19.7. The molecule has 0 bridgehead atoms. The van der Waals surface area contributed by atoms with Crippen molar-refractivity contribution in [1.29, 1.82) is 0 Å². The van der Waals surface area contributed by atoms with Crippen LogP contribution in [-0.2, 0) is 0 Å². The van der Waals surface area contributed by atoms with Crippen LogP contribution in [0.15, 0.2) is 267 Å². The minimum Gasteiger partial charge on any atom is -0.294 e. The Morgan fingerprint density at radius 2 is 0.736 bits per heavy atom. The highest BCUT2D eigenvalue weighted by Crippen LogP contribution is 2.54. The molecule has 1 aliphatic heterocycles. The van der Waals surface area contributed by atoms with Crippen LogP contribution >= 0.6 is 0 Å². The summed E-state index contributed by atoms with van der Waals surface area (Å²) < 4.78 is 2.38. The van der Waals surface area contributed by atoms with Crippen molar-refractivity contribution in [2.24, 2.45) is 0 Å². The van der Waals surface area contributed by atoms with Crippen molar-refractivity contribution >= 4 is 49.8 Å². The van der Waals surface area contributed by atoms with Gasteiger partial charge in [-0.2, -0.15) is 0 Å². The Balaban J connectivity index is 1.11. The van der Waals surface area contributed by atoms with E-state index in [4.69, 9.17) is 9.97 Å². The first-order chi connectivity index (χ1) is 35.7. The molecule has 10 aromatic carbocycles. The number of hydrogen-bond donors (Lipinski definition) is 0. The summed E-state index contributed by atoms with van der Waals surface area (Å²) >= 11 is 0. The fourth-order valence-electron chi connectivity index (χ4n) is 10.9. The summed E-state index contributed by atoms with van der Waals surface area (Å²) in [7, 11) is 0. The number of rotatable bonds is 8. The topological polar surface area (TPSA) is 34.0 Å². The first-order valence-corrected chi connectivity index (χ1v) is 24.6. The van der Waals surface area contributed by atoms with Gasteiger partial charge in [-0.25, -0.2) is 9.97 Å². The number of anilines is 3. The zero-order valence-corrected chi connectivity index (χ0v) is 39.2. The van der Waals surface area contributed by atoms with Crippen molar-refractivity contribution in [2.75, 3.05) is 4.90 Å². The maximum atomic E-state index is 5.64. The lowest BCUT2D eigenvalue weighted by Gasteiger charge is -2.34. The van der Waals surface area contributed by atoms with E-state index in [-0.39, 0.29) is 0 Å². The second-order valence-corrected chi connectivity index (χ2v) is 18.5. The predicted molar refractivity (Wildman–Crippen MR) is 300 cm³/mol. The van der Waals surface area contributed by atoms with Crippen molar-refractivity contribution in [1.82, 2.24) is 14.5 Å². The van der Waals surface area contributed by atoms with Crippen LogP contribution in [0.1, 0.15) is 0 Å². The van der Waals surface area contributed by atoms with E-state index < -0.39 is 0 Å². The van der Waals surface area contributed by atoms with Crippen molar-refractivity contribution in [3.8, 4) is 84.0 Å². The molecule has 0 atom stereocenters. The number of hydrogen-bond acceptors (Lipinski definition) is 3. The number of fused-ring (bicyclic) bond motifs is 5. The highest BCUT2D eigenvalue weighted by Gasteiger charge is 2.31. The average Bonchev–Trinajstić information content (AvgIpc) is 3.78. The SMILES string of the molecule is c1ccc(-c2cc(-c3ccccc3)nc(N3c4cc5c(cc4-c4ccc(-c6ccccc6)c6cccc3c46)c3cc(-c4ccccc4)ccc3n5-c3cc(-c4ccccc4)cc(-c4ccccc4)n3)c2)cc1. The van der Waals surface area contributed by atoms with E-state index in [0.29, 0.717) is 0 Å². The first-order valence-electron chi connectivity index (χ1n) is 24.6. The van der Waals surface area contributed by atoms with Crippen molar-refractivity contribution < 1.29 is 0 Å². The molecule has 0 saturated heterocycles. The lowest BCUT2D eigenvalue weighted by atomic mass is 9.86. The Morgan fingerprint density at radius 1 is 0.250 bits per heavy atom. The Morgan fingerprint density at radius 3 is 1.32 bits per heavy atom. The summed E-state index contributed by atoms with van der Waals surface area (Å²) in [5.74, 6) is 1.68. The molecular weight excluding hydrogens is 873 g/mol. The standard InChI is InChI=1S/C68H44N4/c1-7-20-45(21-8-1)51-34-37-62-57(38-51)59-43-58-56-36-35-54(48-26-13-4-14-27-48)55-32-19-33-63(68(55)56)72(67-42-53(47-24-11-3-12-25-47)40-61(70-67)50-30-17-6-18-31-50)64(58)44-65(59)71(62)66-41-52(46-22-9-2-10-23-46)39-60(69-66)49-28-15-5-16-29-49/h1-44H. The van der Waals surface area contributed by atoms with E-state index in [9.17, 15) is 0 Å². The van der Waals surface area contributed by atoms with E-state index in [1.807, 2.05) is 0 Å². The van der Waals surface area contributed by atoms with Gasteiger partial charge in [0.2, 0.25) is 0 Å². The molecule has 0 radical (unpaired) electrons. The molecule has 4 heteroatoms. The molecule has 4 nitrogen and oxygen atoms in total. The van der Waals surface area contributed by atoms with Gasteiger partial charge in [-0.05, 0) is 110 Å². The molecule has 3 aromatic heterocycles. The molecule has 0 aliphatic carbocycles. The van der Waals surface area contributed by atoms with E-state index in [2.05, 4.69) is 276 Å². The second kappa shape index (κ2) is 17.1. The fourth-order valence-corrected chi connectivity index (χ4v) is 10.9. The normalized spacial score (nSPS) is 11.9. The number of aromatic nitrogens is 3. The van der Waals surface area contributed by atoms with Crippen LogP contribution in [0.4, 0.5) is 17.2 Å². The van der Waals surface area contributed by atoms with Gasteiger partial charge >= 0.3 is 0 Å². The Hall–Kier alpha value is -9.64. The van der Waals surface area contributed by atoms with Crippen molar-refractivity contribution in [3.05, 3.63) is 267 Å². The van der Waals surface area contributed by atoms with Crippen LogP contribution in [0.25, 0.3) is 117 Å². The molecule has 336 valence electrons. The molecule has 72 heavy (non-hydrogen) atoms. The van der Waals surface area contributed by atoms with Crippen LogP contribution < -0.4 is 4.90 Å². The molecule has 4 heterocycles. The van der Waals surface area contributed by atoms with Crippen LogP contribution in [0.3, 0.4) is 0 Å². The molecule has 13 aromatic rings. The molecule has 0 amide bonds. The van der Waals surface area contributed by atoms with Gasteiger partial charge in [0.1, 0.15) is 11.6 Å². The molecule has 0 fully saturated rings. The number of pyridine rings is 2. The van der Waals surface area contributed by atoms with E-state index in [1.54, 1.807) is 0 Å². The summed E-state index contributed by atoms with van der Waals surface area (Å²) in [6, 6.07) is 96.0. The van der Waals surface area contributed by atoms with E-state index in [1.165, 1.54) is 33.0 Å². The lowest BCUT2D eigenvalue weighted by molar-refractivity contribution is 1.08. The largest absolute Gasteiger partial charge is 0.294 e. The smallest absolute Gasteiger partial charge is 0.138 e. The van der Waals surface area contributed by atoms with Gasteiger partial charge in [-0.3, -0.25) is 9.47 Å². The highest BCUT2D eigenvalue weighted by molar-refractivity contribution is 6.21. The van der Waals surface area contributed by atoms with Gasteiger partial charge < -0.3 is 0 Å². The molecule has 0 saturated carbocycles. The molecule has 1 aliphatic rings. The van der Waals surface area contributed by atoms with Gasteiger partial charge in [0.15, 0.2) is 0 Å². The average molecular weight is 917 g/mol. The third-order valence-corrected chi connectivity index (χ3v) is 14.3. The van der Waals surface area contributed by atoms with Gasteiger partial charge in [0.25, 0.3) is 0 Å². The molecule has 0 spiro atoms. The molecule has 0 N–H and O–H groups in total. The lowest BCUT2D eigenvalue weighted by Crippen LogP contribution is -2.17. The van der Waals surface area contributed by atoms with Crippen molar-refractivity contribution in [3.63, 3.8) is 0 Å². The second-order valence-electron chi connectivity index (χ2n) is 18.5. The zero-order valence-electron chi connectivity index (χ0n) is 39.2. The van der Waals surface area contributed by atoms with Gasteiger partial charge in [0.05, 0.1) is 33.8 Å².